The standard InChI is InChI=1S/C13H19N3O2/c1-2-4-16-12-8-18-7-10(12)13(17)9-6-15-5-3-11(9)14/h3,5-6,10,12,16H,2,4,7-8H2,1H3,(H2,14,15). The first kappa shape index (κ1) is 13.0. The van der Waals surface area contributed by atoms with E-state index in [1.165, 1.54) is 6.20 Å². The lowest BCUT2D eigenvalue weighted by Crippen LogP contribution is -2.39. The van der Waals surface area contributed by atoms with Gasteiger partial charge in [0, 0.05) is 24.1 Å². The van der Waals surface area contributed by atoms with Gasteiger partial charge in [-0.25, -0.2) is 0 Å². The molecule has 0 radical (unpaired) electrons. The number of pyridine rings is 1. The first-order valence-corrected chi connectivity index (χ1v) is 6.29. The number of nitrogen functional groups attached to an aromatic ring is 1. The lowest BCUT2D eigenvalue weighted by atomic mass is 9.93. The normalized spacial score (nSPS) is 23.2. The molecule has 0 aromatic carbocycles. The quantitative estimate of drug-likeness (QED) is 0.757. The highest BCUT2D eigenvalue weighted by atomic mass is 16.5. The Morgan fingerprint density at radius 2 is 2.44 bits per heavy atom. The molecule has 1 aliphatic heterocycles. The number of rotatable bonds is 5. The van der Waals surface area contributed by atoms with Crippen molar-refractivity contribution < 1.29 is 9.53 Å². The monoisotopic (exact) mass is 249 g/mol. The van der Waals surface area contributed by atoms with Crippen LogP contribution in [0.4, 0.5) is 5.69 Å². The molecule has 5 nitrogen and oxygen atoms in total. The zero-order valence-corrected chi connectivity index (χ0v) is 10.6. The van der Waals surface area contributed by atoms with Crippen LogP contribution in [0.1, 0.15) is 23.7 Å². The molecule has 2 atom stereocenters. The molecule has 3 N–H and O–H groups in total. The summed E-state index contributed by atoms with van der Waals surface area (Å²) in [5, 5.41) is 3.34. The summed E-state index contributed by atoms with van der Waals surface area (Å²) in [6.07, 6.45) is 4.16. The molecule has 1 saturated heterocycles. The number of Topliss-reactive ketones (excluding diaryl/α,β-unsaturated/α-hetero) is 1. The Morgan fingerprint density at radius 3 is 3.17 bits per heavy atom. The van der Waals surface area contributed by atoms with Gasteiger partial charge >= 0.3 is 0 Å². The second kappa shape index (κ2) is 5.93. The molecule has 0 aliphatic carbocycles. The van der Waals surface area contributed by atoms with Crippen LogP contribution in [0.25, 0.3) is 0 Å². The smallest absolute Gasteiger partial charge is 0.173 e. The Morgan fingerprint density at radius 1 is 1.61 bits per heavy atom. The van der Waals surface area contributed by atoms with E-state index in [2.05, 4.69) is 17.2 Å². The minimum Gasteiger partial charge on any atom is -0.398 e. The fourth-order valence-corrected chi connectivity index (χ4v) is 2.15. The van der Waals surface area contributed by atoms with Gasteiger partial charge in [-0.3, -0.25) is 9.78 Å². The van der Waals surface area contributed by atoms with E-state index in [-0.39, 0.29) is 17.7 Å². The van der Waals surface area contributed by atoms with Crippen molar-refractivity contribution in [1.29, 1.82) is 0 Å². The summed E-state index contributed by atoms with van der Waals surface area (Å²) in [6.45, 7) is 4.02. The number of nitrogens with zero attached hydrogens (tertiary/aromatic N) is 1. The predicted molar refractivity (Wildman–Crippen MR) is 69.4 cm³/mol. The number of anilines is 1. The number of hydrogen-bond donors (Lipinski definition) is 2. The second-order valence-electron chi connectivity index (χ2n) is 4.53. The van der Waals surface area contributed by atoms with E-state index < -0.39 is 0 Å². The number of carbonyl (C=O) groups is 1. The zero-order valence-electron chi connectivity index (χ0n) is 10.6. The zero-order chi connectivity index (χ0) is 13.0. The molecule has 1 aromatic rings. The van der Waals surface area contributed by atoms with E-state index in [0.717, 1.165) is 13.0 Å². The van der Waals surface area contributed by atoms with Crippen LogP contribution in [0.5, 0.6) is 0 Å². The minimum atomic E-state index is -0.164. The van der Waals surface area contributed by atoms with E-state index >= 15 is 0 Å². The maximum absolute atomic E-state index is 12.4. The van der Waals surface area contributed by atoms with Crippen LogP contribution in [-0.2, 0) is 4.74 Å². The number of aromatic nitrogens is 1. The number of carbonyl (C=O) groups excluding carboxylic acids is 1. The van der Waals surface area contributed by atoms with Gasteiger partial charge in [0.05, 0.1) is 24.7 Å². The number of ketones is 1. The molecule has 0 saturated carbocycles. The molecular formula is C13H19N3O2. The maximum Gasteiger partial charge on any atom is 0.173 e. The van der Waals surface area contributed by atoms with Crippen molar-refractivity contribution in [2.24, 2.45) is 5.92 Å². The summed E-state index contributed by atoms with van der Waals surface area (Å²) in [5.74, 6) is -0.144. The maximum atomic E-state index is 12.4. The Balaban J connectivity index is 2.10. The average molecular weight is 249 g/mol. The molecular weight excluding hydrogens is 230 g/mol. The van der Waals surface area contributed by atoms with Crippen LogP contribution in [0.2, 0.25) is 0 Å². The third-order valence-electron chi connectivity index (χ3n) is 3.19. The van der Waals surface area contributed by atoms with Crippen molar-refractivity contribution in [2.75, 3.05) is 25.5 Å². The lowest BCUT2D eigenvalue weighted by molar-refractivity contribution is 0.0892. The molecule has 18 heavy (non-hydrogen) atoms. The van der Waals surface area contributed by atoms with Crippen LogP contribution in [0.15, 0.2) is 18.5 Å². The van der Waals surface area contributed by atoms with Gasteiger partial charge in [-0.2, -0.15) is 0 Å². The van der Waals surface area contributed by atoms with Crippen LogP contribution in [0, 0.1) is 5.92 Å². The average Bonchev–Trinajstić information content (AvgIpc) is 2.84. The molecule has 0 bridgehead atoms. The molecule has 1 fully saturated rings. The van der Waals surface area contributed by atoms with Gasteiger partial charge in [0.25, 0.3) is 0 Å². The Kier molecular flexibility index (Phi) is 4.28. The third kappa shape index (κ3) is 2.68. The van der Waals surface area contributed by atoms with Gasteiger partial charge < -0.3 is 15.8 Å². The van der Waals surface area contributed by atoms with E-state index in [9.17, 15) is 4.79 Å². The van der Waals surface area contributed by atoms with Crippen molar-refractivity contribution in [2.45, 2.75) is 19.4 Å². The molecule has 5 heteroatoms. The Bertz CT molecular complexity index is 422. The molecule has 0 spiro atoms. The number of hydrogen-bond acceptors (Lipinski definition) is 5. The lowest BCUT2D eigenvalue weighted by Gasteiger charge is -2.18. The minimum absolute atomic E-state index is 0.0201. The highest BCUT2D eigenvalue weighted by Crippen LogP contribution is 2.22. The van der Waals surface area contributed by atoms with Crippen LogP contribution >= 0.6 is 0 Å². The second-order valence-corrected chi connectivity index (χ2v) is 4.53. The molecule has 1 aromatic heterocycles. The first-order valence-electron chi connectivity index (χ1n) is 6.29. The summed E-state index contributed by atoms with van der Waals surface area (Å²) in [6, 6.07) is 1.73. The highest BCUT2D eigenvalue weighted by molar-refractivity contribution is 6.02. The molecule has 2 unspecified atom stereocenters. The van der Waals surface area contributed by atoms with Crippen LogP contribution in [-0.4, -0.2) is 36.6 Å². The van der Waals surface area contributed by atoms with Crippen molar-refractivity contribution in [1.82, 2.24) is 10.3 Å². The van der Waals surface area contributed by atoms with Gasteiger partial charge in [-0.05, 0) is 19.0 Å². The van der Waals surface area contributed by atoms with Gasteiger partial charge in [0.1, 0.15) is 0 Å². The number of nitrogens with one attached hydrogen (secondary N) is 1. The fraction of sp³-hybridized carbons (Fsp3) is 0.538. The van der Waals surface area contributed by atoms with Crippen LogP contribution in [0.3, 0.4) is 0 Å². The molecule has 98 valence electrons. The molecule has 0 amide bonds. The first-order chi connectivity index (χ1) is 8.74. The van der Waals surface area contributed by atoms with Gasteiger partial charge in [-0.15, -0.1) is 0 Å². The molecule has 2 heterocycles. The summed E-state index contributed by atoms with van der Waals surface area (Å²) in [7, 11) is 0. The van der Waals surface area contributed by atoms with Gasteiger partial charge in [0.15, 0.2) is 5.78 Å². The summed E-state index contributed by atoms with van der Waals surface area (Å²) in [4.78, 5) is 16.4. The van der Waals surface area contributed by atoms with Crippen molar-refractivity contribution in [3.63, 3.8) is 0 Å². The highest BCUT2D eigenvalue weighted by Gasteiger charge is 2.34. The summed E-state index contributed by atoms with van der Waals surface area (Å²) in [5.41, 5.74) is 6.79. The van der Waals surface area contributed by atoms with E-state index in [1.54, 1.807) is 12.3 Å². The summed E-state index contributed by atoms with van der Waals surface area (Å²) < 4.78 is 5.40. The predicted octanol–water partition coefficient (Wildman–Crippen LogP) is 0.861. The van der Waals surface area contributed by atoms with Gasteiger partial charge in [0.2, 0.25) is 0 Å². The third-order valence-corrected chi connectivity index (χ3v) is 3.19. The summed E-state index contributed by atoms with van der Waals surface area (Å²) >= 11 is 0. The Labute approximate surface area is 107 Å². The SMILES string of the molecule is CCCNC1COCC1C(=O)c1cnccc1N. The van der Waals surface area contributed by atoms with Crippen molar-refractivity contribution in [3.8, 4) is 0 Å². The topological polar surface area (TPSA) is 77.2 Å². The van der Waals surface area contributed by atoms with Crippen LogP contribution < -0.4 is 11.1 Å². The van der Waals surface area contributed by atoms with Gasteiger partial charge in [-0.1, -0.05) is 6.92 Å². The van der Waals surface area contributed by atoms with Crippen molar-refractivity contribution >= 4 is 11.5 Å². The van der Waals surface area contributed by atoms with E-state index in [1.807, 2.05) is 0 Å². The molecule has 1 aliphatic rings. The fourth-order valence-electron chi connectivity index (χ4n) is 2.15. The largest absolute Gasteiger partial charge is 0.398 e. The van der Waals surface area contributed by atoms with E-state index in [4.69, 9.17) is 10.5 Å². The number of nitrogens with two attached hydrogens (primary N) is 1. The van der Waals surface area contributed by atoms with Crippen molar-refractivity contribution in [3.05, 3.63) is 24.0 Å². The molecule has 2 rings (SSSR count). The number of ether oxygens (including phenoxy) is 1. The Hall–Kier alpha value is -1.46. The van der Waals surface area contributed by atoms with E-state index in [0.29, 0.717) is 24.5 Å².